The van der Waals surface area contributed by atoms with Crippen molar-refractivity contribution in [3.63, 3.8) is 0 Å². The van der Waals surface area contributed by atoms with Crippen molar-refractivity contribution >= 4 is 5.84 Å². The second kappa shape index (κ2) is 4.78. The zero-order chi connectivity index (χ0) is 10.6. The van der Waals surface area contributed by atoms with E-state index in [9.17, 15) is 0 Å². The van der Waals surface area contributed by atoms with Gasteiger partial charge >= 0.3 is 0 Å². The van der Waals surface area contributed by atoms with E-state index in [0.717, 1.165) is 19.4 Å². The molecule has 0 heterocycles. The molecule has 0 aromatic rings. The van der Waals surface area contributed by atoms with E-state index in [4.69, 9.17) is 15.9 Å². The second-order valence-corrected chi connectivity index (χ2v) is 4.82. The van der Waals surface area contributed by atoms with Gasteiger partial charge in [0, 0.05) is 12.0 Å². The molecule has 3 heteroatoms. The number of rotatable bonds is 6. The highest BCUT2D eigenvalue weighted by molar-refractivity contribution is 5.82. The number of ether oxygens (including phenoxy) is 1. The van der Waals surface area contributed by atoms with Crippen molar-refractivity contribution in [2.75, 3.05) is 6.61 Å². The first-order valence-corrected chi connectivity index (χ1v) is 5.48. The van der Waals surface area contributed by atoms with E-state index in [2.05, 4.69) is 0 Å². The van der Waals surface area contributed by atoms with Crippen molar-refractivity contribution in [2.45, 2.75) is 52.1 Å². The molecule has 0 bridgehead atoms. The SMILES string of the molecule is CC(C)(CCCOC1CCC1)C(=N)N. The molecule has 0 aromatic heterocycles. The van der Waals surface area contributed by atoms with Gasteiger partial charge in [0.2, 0.25) is 0 Å². The lowest BCUT2D eigenvalue weighted by Crippen LogP contribution is -2.31. The molecule has 1 saturated carbocycles. The van der Waals surface area contributed by atoms with E-state index >= 15 is 0 Å². The highest BCUT2D eigenvalue weighted by Crippen LogP contribution is 2.24. The summed E-state index contributed by atoms with van der Waals surface area (Å²) in [7, 11) is 0. The van der Waals surface area contributed by atoms with Crippen LogP contribution in [0.25, 0.3) is 0 Å². The topological polar surface area (TPSA) is 59.1 Å². The van der Waals surface area contributed by atoms with Crippen molar-refractivity contribution in [2.24, 2.45) is 11.1 Å². The minimum Gasteiger partial charge on any atom is -0.387 e. The summed E-state index contributed by atoms with van der Waals surface area (Å²) in [5.74, 6) is 0.279. The van der Waals surface area contributed by atoms with Crippen molar-refractivity contribution in [3.05, 3.63) is 0 Å². The first-order chi connectivity index (χ1) is 6.52. The predicted octanol–water partition coefficient (Wildman–Crippen LogP) is 2.30. The number of hydrogen-bond acceptors (Lipinski definition) is 2. The molecule has 82 valence electrons. The van der Waals surface area contributed by atoms with Crippen molar-refractivity contribution in [1.29, 1.82) is 5.41 Å². The van der Waals surface area contributed by atoms with Crippen molar-refractivity contribution in [1.82, 2.24) is 0 Å². The van der Waals surface area contributed by atoms with Gasteiger partial charge < -0.3 is 10.5 Å². The number of nitrogens with one attached hydrogen (secondary N) is 1. The first-order valence-electron chi connectivity index (χ1n) is 5.48. The van der Waals surface area contributed by atoms with Gasteiger partial charge in [0.15, 0.2) is 0 Å². The van der Waals surface area contributed by atoms with Crippen LogP contribution in [-0.4, -0.2) is 18.5 Å². The van der Waals surface area contributed by atoms with Crippen molar-refractivity contribution < 1.29 is 4.74 Å². The molecule has 0 spiro atoms. The van der Waals surface area contributed by atoms with Gasteiger partial charge in [0.1, 0.15) is 0 Å². The van der Waals surface area contributed by atoms with Gasteiger partial charge in [-0.2, -0.15) is 0 Å². The normalized spacial score (nSPS) is 17.9. The minimum atomic E-state index is -0.164. The third kappa shape index (κ3) is 3.29. The average molecular weight is 198 g/mol. The molecule has 1 fully saturated rings. The van der Waals surface area contributed by atoms with Crippen LogP contribution in [0.15, 0.2) is 0 Å². The Labute approximate surface area is 86.5 Å². The van der Waals surface area contributed by atoms with Gasteiger partial charge in [-0.3, -0.25) is 5.41 Å². The summed E-state index contributed by atoms with van der Waals surface area (Å²) in [6, 6.07) is 0. The van der Waals surface area contributed by atoms with Gasteiger partial charge in [-0.25, -0.2) is 0 Å². The lowest BCUT2D eigenvalue weighted by atomic mass is 9.87. The molecular formula is C11H22N2O. The average Bonchev–Trinajstić information content (AvgIpc) is 2.00. The molecule has 3 N–H and O–H groups in total. The lowest BCUT2D eigenvalue weighted by Gasteiger charge is -2.27. The summed E-state index contributed by atoms with van der Waals surface area (Å²) < 4.78 is 5.64. The zero-order valence-corrected chi connectivity index (χ0v) is 9.31. The highest BCUT2D eigenvalue weighted by atomic mass is 16.5. The summed E-state index contributed by atoms with van der Waals surface area (Å²) in [4.78, 5) is 0. The molecule has 0 saturated heterocycles. The summed E-state index contributed by atoms with van der Waals surface area (Å²) in [5.41, 5.74) is 5.33. The van der Waals surface area contributed by atoms with E-state index in [1.54, 1.807) is 0 Å². The standard InChI is InChI=1S/C11H22N2O/c1-11(2,10(12)13)7-4-8-14-9-5-3-6-9/h9H,3-8H2,1-2H3,(H3,12,13). The Morgan fingerprint density at radius 3 is 2.57 bits per heavy atom. The molecular weight excluding hydrogens is 176 g/mol. The van der Waals surface area contributed by atoms with E-state index in [-0.39, 0.29) is 11.3 Å². The Balaban J connectivity index is 2.04. The molecule has 3 nitrogen and oxygen atoms in total. The highest BCUT2D eigenvalue weighted by Gasteiger charge is 2.22. The fraction of sp³-hybridized carbons (Fsp3) is 0.909. The largest absolute Gasteiger partial charge is 0.387 e. The van der Waals surface area contributed by atoms with Gasteiger partial charge in [-0.05, 0) is 32.1 Å². The van der Waals surface area contributed by atoms with E-state index in [1.807, 2.05) is 13.8 Å². The lowest BCUT2D eigenvalue weighted by molar-refractivity contribution is -0.000872. The van der Waals surface area contributed by atoms with Crippen LogP contribution in [0.5, 0.6) is 0 Å². The van der Waals surface area contributed by atoms with Crippen LogP contribution >= 0.6 is 0 Å². The Morgan fingerprint density at radius 1 is 1.50 bits per heavy atom. The van der Waals surface area contributed by atoms with Gasteiger partial charge in [-0.15, -0.1) is 0 Å². The van der Waals surface area contributed by atoms with Crippen LogP contribution in [0, 0.1) is 10.8 Å². The molecule has 0 aromatic carbocycles. The van der Waals surface area contributed by atoms with Crippen molar-refractivity contribution in [3.8, 4) is 0 Å². The molecule has 1 aliphatic carbocycles. The van der Waals surface area contributed by atoms with Gasteiger partial charge in [-0.1, -0.05) is 13.8 Å². The van der Waals surface area contributed by atoms with Crippen LogP contribution in [0.1, 0.15) is 46.0 Å². The molecule has 0 atom stereocenters. The number of nitrogens with two attached hydrogens (primary N) is 1. The molecule has 1 rings (SSSR count). The van der Waals surface area contributed by atoms with Crippen LogP contribution in [0.4, 0.5) is 0 Å². The second-order valence-electron chi connectivity index (χ2n) is 4.82. The quantitative estimate of drug-likeness (QED) is 0.391. The molecule has 0 aliphatic heterocycles. The first kappa shape index (κ1) is 11.5. The smallest absolute Gasteiger partial charge is 0.0963 e. The third-order valence-corrected chi connectivity index (χ3v) is 3.08. The molecule has 0 amide bonds. The van der Waals surface area contributed by atoms with E-state index < -0.39 is 0 Å². The third-order valence-electron chi connectivity index (χ3n) is 3.08. The minimum absolute atomic E-state index is 0.164. The number of hydrogen-bond donors (Lipinski definition) is 2. The van der Waals surface area contributed by atoms with Crippen LogP contribution < -0.4 is 5.73 Å². The number of amidine groups is 1. The Bertz CT molecular complexity index is 197. The van der Waals surface area contributed by atoms with Gasteiger partial charge in [0.05, 0.1) is 11.9 Å². The van der Waals surface area contributed by atoms with Crippen LogP contribution in [0.2, 0.25) is 0 Å². The van der Waals surface area contributed by atoms with E-state index in [1.165, 1.54) is 19.3 Å². The maximum atomic E-state index is 7.40. The summed E-state index contributed by atoms with van der Waals surface area (Å²) in [6.07, 6.45) is 6.25. The summed E-state index contributed by atoms with van der Waals surface area (Å²) in [5, 5.41) is 7.40. The fourth-order valence-corrected chi connectivity index (χ4v) is 1.44. The zero-order valence-electron chi connectivity index (χ0n) is 9.31. The Hall–Kier alpha value is -0.570. The maximum Gasteiger partial charge on any atom is 0.0963 e. The predicted molar refractivity (Wildman–Crippen MR) is 58.5 cm³/mol. The monoisotopic (exact) mass is 198 g/mol. The Kier molecular flexibility index (Phi) is 3.93. The van der Waals surface area contributed by atoms with Gasteiger partial charge in [0.25, 0.3) is 0 Å². The summed E-state index contributed by atoms with van der Waals surface area (Å²) in [6.45, 7) is 4.85. The molecule has 0 unspecified atom stereocenters. The molecule has 14 heavy (non-hydrogen) atoms. The molecule has 0 radical (unpaired) electrons. The molecule has 1 aliphatic rings. The maximum absolute atomic E-state index is 7.40. The van der Waals surface area contributed by atoms with E-state index in [0.29, 0.717) is 6.10 Å². The fourth-order valence-electron chi connectivity index (χ4n) is 1.44. The summed E-state index contributed by atoms with van der Waals surface area (Å²) >= 11 is 0. The van der Waals surface area contributed by atoms with Crippen LogP contribution in [0.3, 0.4) is 0 Å². The Morgan fingerprint density at radius 2 is 2.14 bits per heavy atom. The van der Waals surface area contributed by atoms with Crippen LogP contribution in [-0.2, 0) is 4.74 Å².